The van der Waals surface area contributed by atoms with Crippen LogP contribution in [-0.4, -0.2) is 37.7 Å². The van der Waals surface area contributed by atoms with Crippen molar-refractivity contribution in [3.05, 3.63) is 23.7 Å². The van der Waals surface area contributed by atoms with Crippen molar-refractivity contribution >= 4 is 0 Å². The van der Waals surface area contributed by atoms with Gasteiger partial charge in [0.25, 0.3) is 0 Å². The first kappa shape index (κ1) is 11.6. The quantitative estimate of drug-likeness (QED) is 0.834. The van der Waals surface area contributed by atoms with Gasteiger partial charge >= 0.3 is 0 Å². The van der Waals surface area contributed by atoms with Crippen molar-refractivity contribution in [2.45, 2.75) is 26.1 Å². The Morgan fingerprint density at radius 3 is 3.19 bits per heavy atom. The maximum absolute atomic E-state index is 5.53. The predicted octanol–water partition coefficient (Wildman–Crippen LogP) is 1.22. The molecule has 0 saturated carbocycles. The fraction of sp³-hybridized carbons (Fsp3) is 0.667. The minimum absolute atomic E-state index is 0.334. The average Bonchev–Trinajstić information content (AvgIpc) is 2.66. The second-order valence-electron chi connectivity index (χ2n) is 4.37. The molecule has 1 atom stereocenters. The third-order valence-corrected chi connectivity index (χ3v) is 2.79. The summed E-state index contributed by atoms with van der Waals surface area (Å²) in [5.74, 6) is 1.04. The summed E-state index contributed by atoms with van der Waals surface area (Å²) in [7, 11) is 1.94. The monoisotopic (exact) mass is 224 g/mol. The van der Waals surface area contributed by atoms with E-state index in [4.69, 9.17) is 9.15 Å². The molecule has 0 radical (unpaired) electrons. The highest BCUT2D eigenvalue weighted by molar-refractivity contribution is 5.12. The highest BCUT2D eigenvalue weighted by Gasteiger charge is 2.17. The van der Waals surface area contributed by atoms with Gasteiger partial charge in [0.15, 0.2) is 0 Å². The van der Waals surface area contributed by atoms with Crippen LogP contribution in [0.4, 0.5) is 0 Å². The molecule has 1 aromatic rings. The Balaban J connectivity index is 1.87. The van der Waals surface area contributed by atoms with Crippen molar-refractivity contribution in [1.29, 1.82) is 0 Å². The van der Waals surface area contributed by atoms with E-state index >= 15 is 0 Å². The highest BCUT2D eigenvalue weighted by atomic mass is 16.5. The van der Waals surface area contributed by atoms with E-state index in [0.29, 0.717) is 6.10 Å². The van der Waals surface area contributed by atoms with E-state index in [1.54, 1.807) is 0 Å². The number of ether oxygens (including phenoxy) is 1. The first-order valence-corrected chi connectivity index (χ1v) is 5.83. The van der Waals surface area contributed by atoms with Gasteiger partial charge in [0.05, 0.1) is 25.5 Å². The Bertz CT molecular complexity index is 325. The zero-order chi connectivity index (χ0) is 11.4. The van der Waals surface area contributed by atoms with E-state index in [9.17, 15) is 0 Å². The van der Waals surface area contributed by atoms with Crippen molar-refractivity contribution in [3.63, 3.8) is 0 Å². The van der Waals surface area contributed by atoms with Gasteiger partial charge in [-0.2, -0.15) is 0 Å². The molecule has 1 fully saturated rings. The van der Waals surface area contributed by atoms with Crippen molar-refractivity contribution in [3.8, 4) is 0 Å². The fourth-order valence-corrected chi connectivity index (χ4v) is 2.06. The van der Waals surface area contributed by atoms with Crippen LogP contribution in [-0.2, 0) is 17.8 Å². The van der Waals surface area contributed by atoms with Crippen LogP contribution in [0.1, 0.15) is 18.2 Å². The van der Waals surface area contributed by atoms with E-state index < -0.39 is 0 Å². The van der Waals surface area contributed by atoms with Gasteiger partial charge in [-0.05, 0) is 20.0 Å². The molecular weight excluding hydrogens is 204 g/mol. The van der Waals surface area contributed by atoms with Crippen molar-refractivity contribution in [2.24, 2.45) is 0 Å². The number of nitrogens with zero attached hydrogens (tertiary/aromatic N) is 1. The maximum Gasteiger partial charge on any atom is 0.118 e. The molecule has 0 aromatic carbocycles. The summed E-state index contributed by atoms with van der Waals surface area (Å²) in [6.45, 7) is 6.67. The Morgan fingerprint density at radius 2 is 2.44 bits per heavy atom. The van der Waals surface area contributed by atoms with Gasteiger partial charge < -0.3 is 14.5 Å². The van der Waals surface area contributed by atoms with Gasteiger partial charge in [-0.3, -0.25) is 4.90 Å². The third-order valence-electron chi connectivity index (χ3n) is 2.79. The van der Waals surface area contributed by atoms with Crippen LogP contribution in [0.2, 0.25) is 0 Å². The topological polar surface area (TPSA) is 37.6 Å². The zero-order valence-corrected chi connectivity index (χ0v) is 10.0. The summed E-state index contributed by atoms with van der Waals surface area (Å²) >= 11 is 0. The van der Waals surface area contributed by atoms with E-state index in [2.05, 4.69) is 23.2 Å². The van der Waals surface area contributed by atoms with Crippen LogP contribution in [0.5, 0.6) is 0 Å². The van der Waals surface area contributed by atoms with E-state index in [1.165, 1.54) is 5.56 Å². The number of hydrogen-bond donors (Lipinski definition) is 1. The Kier molecular flexibility index (Phi) is 3.98. The largest absolute Gasteiger partial charge is 0.468 e. The van der Waals surface area contributed by atoms with Gasteiger partial charge in [-0.1, -0.05) is 0 Å². The highest BCUT2D eigenvalue weighted by Crippen LogP contribution is 2.13. The first-order chi connectivity index (χ1) is 7.78. The molecule has 1 unspecified atom stereocenters. The molecule has 0 aliphatic carbocycles. The number of hydrogen-bond acceptors (Lipinski definition) is 4. The third kappa shape index (κ3) is 3.07. The maximum atomic E-state index is 5.53. The predicted molar refractivity (Wildman–Crippen MR) is 62.2 cm³/mol. The number of nitrogens with one attached hydrogen (secondary N) is 1. The molecule has 16 heavy (non-hydrogen) atoms. The van der Waals surface area contributed by atoms with E-state index in [-0.39, 0.29) is 0 Å². The van der Waals surface area contributed by atoms with Crippen molar-refractivity contribution < 1.29 is 9.15 Å². The zero-order valence-electron chi connectivity index (χ0n) is 10.0. The summed E-state index contributed by atoms with van der Waals surface area (Å²) in [4.78, 5) is 2.37. The van der Waals surface area contributed by atoms with E-state index in [0.717, 1.165) is 38.5 Å². The van der Waals surface area contributed by atoms with Crippen molar-refractivity contribution in [2.75, 3.05) is 26.7 Å². The lowest BCUT2D eigenvalue weighted by atomic mass is 10.2. The molecule has 2 heterocycles. The molecule has 0 spiro atoms. The second kappa shape index (κ2) is 5.48. The van der Waals surface area contributed by atoms with Crippen molar-refractivity contribution in [1.82, 2.24) is 10.2 Å². The normalized spacial score (nSPS) is 22.5. The lowest BCUT2D eigenvalue weighted by Crippen LogP contribution is -2.40. The van der Waals surface area contributed by atoms with Crippen LogP contribution in [0, 0.1) is 0 Å². The summed E-state index contributed by atoms with van der Waals surface area (Å²) in [5, 5.41) is 3.11. The number of rotatable bonds is 4. The van der Waals surface area contributed by atoms with Gasteiger partial charge in [0.2, 0.25) is 0 Å². The minimum atomic E-state index is 0.334. The molecule has 0 amide bonds. The van der Waals surface area contributed by atoms with Crippen LogP contribution in [0.3, 0.4) is 0 Å². The SMILES string of the molecule is CNCc1coc(CN2CCOC(C)C2)c1. The molecule has 4 nitrogen and oxygen atoms in total. The average molecular weight is 224 g/mol. The van der Waals surface area contributed by atoms with Gasteiger partial charge in [-0.15, -0.1) is 0 Å². The summed E-state index contributed by atoms with van der Waals surface area (Å²) in [6.07, 6.45) is 2.16. The molecule has 1 saturated heterocycles. The lowest BCUT2D eigenvalue weighted by Gasteiger charge is -2.30. The van der Waals surface area contributed by atoms with Crippen LogP contribution >= 0.6 is 0 Å². The Hall–Kier alpha value is -0.840. The Morgan fingerprint density at radius 1 is 1.56 bits per heavy atom. The molecule has 4 heteroatoms. The minimum Gasteiger partial charge on any atom is -0.468 e. The molecule has 1 aliphatic rings. The Labute approximate surface area is 96.6 Å². The van der Waals surface area contributed by atoms with Crippen LogP contribution < -0.4 is 5.32 Å². The van der Waals surface area contributed by atoms with Gasteiger partial charge in [0, 0.05) is 25.2 Å². The second-order valence-corrected chi connectivity index (χ2v) is 4.37. The van der Waals surface area contributed by atoms with Crippen LogP contribution in [0.25, 0.3) is 0 Å². The van der Waals surface area contributed by atoms with Crippen LogP contribution in [0.15, 0.2) is 16.7 Å². The smallest absolute Gasteiger partial charge is 0.118 e. The summed E-state index contributed by atoms with van der Waals surface area (Å²) in [5.41, 5.74) is 1.21. The summed E-state index contributed by atoms with van der Waals surface area (Å²) < 4.78 is 11.0. The van der Waals surface area contributed by atoms with Gasteiger partial charge in [0.1, 0.15) is 5.76 Å². The number of morpholine rings is 1. The summed E-state index contributed by atoms with van der Waals surface area (Å²) in [6, 6.07) is 2.12. The standard InChI is InChI=1S/C12H20N2O2/c1-10-7-14(3-4-15-10)8-12-5-11(6-13-2)9-16-12/h5,9-10,13H,3-4,6-8H2,1-2H3. The molecule has 90 valence electrons. The molecule has 1 aliphatic heterocycles. The molecule has 1 N–H and O–H groups in total. The fourth-order valence-electron chi connectivity index (χ4n) is 2.06. The molecule has 0 bridgehead atoms. The molecule has 1 aromatic heterocycles. The van der Waals surface area contributed by atoms with Gasteiger partial charge in [-0.25, -0.2) is 0 Å². The molecular formula is C12H20N2O2. The first-order valence-electron chi connectivity index (χ1n) is 5.83. The lowest BCUT2D eigenvalue weighted by molar-refractivity contribution is -0.0230. The van der Waals surface area contributed by atoms with E-state index in [1.807, 2.05) is 13.3 Å². The number of furan rings is 1. The molecule has 2 rings (SSSR count).